The normalized spacial score (nSPS) is 12.2. The number of benzene rings is 1. The van der Waals surface area contributed by atoms with E-state index in [2.05, 4.69) is 15.9 Å². The van der Waals surface area contributed by atoms with Crippen molar-refractivity contribution in [2.75, 3.05) is 0 Å². The summed E-state index contributed by atoms with van der Waals surface area (Å²) in [7, 11) is 0. The highest BCUT2D eigenvalue weighted by atomic mass is 79.9. The van der Waals surface area contributed by atoms with Gasteiger partial charge in [-0.2, -0.15) is 5.26 Å². The smallest absolute Gasteiger partial charge is 0.148 e. The van der Waals surface area contributed by atoms with Crippen molar-refractivity contribution in [3.63, 3.8) is 0 Å². The van der Waals surface area contributed by atoms with Crippen molar-refractivity contribution in [1.29, 1.82) is 5.26 Å². The number of nitriles is 1. The Labute approximate surface area is 82.9 Å². The van der Waals surface area contributed by atoms with E-state index in [0.717, 1.165) is 0 Å². The molecular weight excluding hydrogens is 244 g/mol. The molecule has 1 aromatic rings. The van der Waals surface area contributed by atoms with Gasteiger partial charge >= 0.3 is 0 Å². The summed E-state index contributed by atoms with van der Waals surface area (Å²) in [6.45, 7) is 0. The van der Waals surface area contributed by atoms with Gasteiger partial charge in [-0.3, -0.25) is 0 Å². The Morgan fingerprint density at radius 3 is 2.83 bits per heavy atom. The Morgan fingerprint density at radius 2 is 2.25 bits per heavy atom. The van der Waals surface area contributed by atoms with Gasteiger partial charge in [0.05, 0.1) is 6.07 Å². The minimum atomic E-state index is -0.928. The second-order valence-corrected chi connectivity index (χ2v) is 3.51. The molecule has 12 heavy (non-hydrogen) atoms. The van der Waals surface area contributed by atoms with Crippen molar-refractivity contribution in [3.8, 4) is 6.07 Å². The van der Waals surface area contributed by atoms with Crippen LogP contribution < -0.4 is 0 Å². The van der Waals surface area contributed by atoms with Crippen molar-refractivity contribution >= 4 is 27.5 Å². The standard InChI is InChI=1S/C8H4BrClFN/c9-5-1-2-8(11)6(3-5)7(10)4-12/h1-3,7H/t7-/m0/s1. The molecule has 0 radical (unpaired) electrons. The van der Waals surface area contributed by atoms with Gasteiger partial charge in [0.1, 0.15) is 11.2 Å². The molecule has 0 aromatic heterocycles. The molecule has 0 fully saturated rings. The molecule has 0 bridgehead atoms. The summed E-state index contributed by atoms with van der Waals surface area (Å²) < 4.78 is 13.7. The van der Waals surface area contributed by atoms with E-state index in [-0.39, 0.29) is 5.56 Å². The summed E-state index contributed by atoms with van der Waals surface area (Å²) in [5, 5.41) is 7.51. The second kappa shape index (κ2) is 3.88. The zero-order chi connectivity index (χ0) is 9.14. The predicted molar refractivity (Wildman–Crippen MR) is 48.3 cm³/mol. The van der Waals surface area contributed by atoms with E-state index < -0.39 is 11.2 Å². The molecule has 0 aliphatic rings. The first-order chi connectivity index (χ1) is 5.65. The molecule has 62 valence electrons. The molecular formula is C8H4BrClFN. The molecule has 0 unspecified atom stereocenters. The highest BCUT2D eigenvalue weighted by Gasteiger charge is 2.11. The Bertz CT molecular complexity index is 334. The first-order valence-electron chi connectivity index (χ1n) is 3.14. The fraction of sp³-hybridized carbons (Fsp3) is 0.125. The quantitative estimate of drug-likeness (QED) is 0.699. The summed E-state index contributed by atoms with van der Waals surface area (Å²) in [4.78, 5) is 0. The average Bonchev–Trinajstić information content (AvgIpc) is 2.08. The van der Waals surface area contributed by atoms with E-state index >= 15 is 0 Å². The van der Waals surface area contributed by atoms with Crippen LogP contribution in [0, 0.1) is 17.1 Å². The third-order valence-corrected chi connectivity index (χ3v) is 2.17. The summed E-state index contributed by atoms with van der Waals surface area (Å²) in [6.07, 6.45) is 0. The van der Waals surface area contributed by atoms with Crippen LogP contribution in [-0.4, -0.2) is 0 Å². The van der Waals surface area contributed by atoms with Gasteiger partial charge in [0, 0.05) is 10.0 Å². The third-order valence-electron chi connectivity index (χ3n) is 1.34. The monoisotopic (exact) mass is 247 g/mol. The van der Waals surface area contributed by atoms with Crippen molar-refractivity contribution in [2.24, 2.45) is 0 Å². The van der Waals surface area contributed by atoms with Crippen LogP contribution in [0.4, 0.5) is 4.39 Å². The van der Waals surface area contributed by atoms with E-state index in [1.54, 1.807) is 12.1 Å². The van der Waals surface area contributed by atoms with Crippen LogP contribution in [0.5, 0.6) is 0 Å². The zero-order valence-electron chi connectivity index (χ0n) is 5.89. The number of hydrogen-bond acceptors (Lipinski definition) is 1. The van der Waals surface area contributed by atoms with Gasteiger partial charge < -0.3 is 0 Å². The van der Waals surface area contributed by atoms with Crippen LogP contribution in [0.3, 0.4) is 0 Å². The number of hydrogen-bond donors (Lipinski definition) is 0. The summed E-state index contributed by atoms with van der Waals surface area (Å²) in [5.41, 5.74) is 0.202. The molecule has 0 heterocycles. The lowest BCUT2D eigenvalue weighted by atomic mass is 10.1. The maximum atomic E-state index is 13.0. The minimum absolute atomic E-state index is 0.202. The third kappa shape index (κ3) is 1.96. The van der Waals surface area contributed by atoms with Gasteiger partial charge in [0.2, 0.25) is 0 Å². The van der Waals surface area contributed by atoms with Gasteiger partial charge in [-0.15, -0.1) is 11.6 Å². The Morgan fingerprint density at radius 1 is 1.58 bits per heavy atom. The number of nitrogens with zero attached hydrogens (tertiary/aromatic N) is 1. The largest absolute Gasteiger partial charge is 0.207 e. The van der Waals surface area contributed by atoms with Crippen molar-refractivity contribution in [1.82, 2.24) is 0 Å². The molecule has 0 aliphatic heterocycles. The molecule has 0 saturated heterocycles. The SMILES string of the molecule is N#C[C@H](Cl)c1cc(Br)ccc1F. The molecule has 0 amide bonds. The minimum Gasteiger partial charge on any atom is -0.207 e. The first-order valence-corrected chi connectivity index (χ1v) is 4.36. The number of rotatable bonds is 1. The molecule has 0 spiro atoms. The zero-order valence-corrected chi connectivity index (χ0v) is 8.23. The van der Waals surface area contributed by atoms with E-state index in [9.17, 15) is 4.39 Å². The second-order valence-electron chi connectivity index (χ2n) is 2.16. The predicted octanol–water partition coefficient (Wildman–Crippen LogP) is 3.39. The van der Waals surface area contributed by atoms with Crippen molar-refractivity contribution in [3.05, 3.63) is 34.1 Å². The first kappa shape index (κ1) is 9.50. The van der Waals surface area contributed by atoms with Crippen LogP contribution in [0.25, 0.3) is 0 Å². The lowest BCUT2D eigenvalue weighted by Gasteiger charge is -2.02. The van der Waals surface area contributed by atoms with Crippen LogP contribution >= 0.6 is 27.5 Å². The van der Waals surface area contributed by atoms with Crippen LogP contribution in [-0.2, 0) is 0 Å². The molecule has 1 nitrogen and oxygen atoms in total. The highest BCUT2D eigenvalue weighted by Crippen LogP contribution is 2.25. The number of alkyl halides is 1. The van der Waals surface area contributed by atoms with E-state index in [0.29, 0.717) is 4.47 Å². The van der Waals surface area contributed by atoms with Gasteiger partial charge in [-0.25, -0.2) is 4.39 Å². The van der Waals surface area contributed by atoms with Crippen molar-refractivity contribution in [2.45, 2.75) is 5.38 Å². The molecule has 1 rings (SSSR count). The van der Waals surface area contributed by atoms with E-state index in [4.69, 9.17) is 16.9 Å². The Hall–Kier alpha value is -0.590. The lowest BCUT2D eigenvalue weighted by molar-refractivity contribution is 0.613. The Kier molecular flexibility index (Phi) is 3.07. The molecule has 0 N–H and O–H groups in total. The summed E-state index contributed by atoms with van der Waals surface area (Å²) in [5.74, 6) is -0.459. The molecule has 1 atom stereocenters. The van der Waals surface area contributed by atoms with E-state index in [1.807, 2.05) is 0 Å². The van der Waals surface area contributed by atoms with Gasteiger partial charge in [0.25, 0.3) is 0 Å². The van der Waals surface area contributed by atoms with Crippen molar-refractivity contribution < 1.29 is 4.39 Å². The average molecular weight is 248 g/mol. The molecule has 0 aliphatic carbocycles. The molecule has 1 aromatic carbocycles. The van der Waals surface area contributed by atoms with Gasteiger partial charge in [-0.05, 0) is 18.2 Å². The summed E-state index contributed by atoms with van der Waals surface area (Å²) >= 11 is 8.71. The fourth-order valence-corrected chi connectivity index (χ4v) is 1.32. The van der Waals surface area contributed by atoms with Crippen LogP contribution in [0.1, 0.15) is 10.9 Å². The lowest BCUT2D eigenvalue weighted by Crippen LogP contribution is -1.91. The topological polar surface area (TPSA) is 23.8 Å². The van der Waals surface area contributed by atoms with Crippen LogP contribution in [0.2, 0.25) is 0 Å². The van der Waals surface area contributed by atoms with Gasteiger partial charge in [0.15, 0.2) is 0 Å². The van der Waals surface area contributed by atoms with E-state index in [1.165, 1.54) is 12.1 Å². The van der Waals surface area contributed by atoms with Gasteiger partial charge in [-0.1, -0.05) is 15.9 Å². The fourth-order valence-electron chi connectivity index (χ4n) is 0.778. The van der Waals surface area contributed by atoms with Crippen LogP contribution in [0.15, 0.2) is 22.7 Å². The number of halogens is 3. The maximum absolute atomic E-state index is 13.0. The summed E-state index contributed by atoms with van der Waals surface area (Å²) in [6, 6.07) is 6.08. The molecule has 0 saturated carbocycles. The molecule has 4 heteroatoms. The maximum Gasteiger partial charge on any atom is 0.148 e. The highest BCUT2D eigenvalue weighted by molar-refractivity contribution is 9.10. The Balaban J connectivity index is 3.15.